The molecule has 0 spiro atoms. The Morgan fingerprint density at radius 3 is 2.46 bits per heavy atom. The van der Waals surface area contributed by atoms with Crippen molar-refractivity contribution < 1.29 is 4.42 Å². The van der Waals surface area contributed by atoms with Crippen LogP contribution in [0.2, 0.25) is 0 Å². The van der Waals surface area contributed by atoms with Gasteiger partial charge in [-0.05, 0) is 6.92 Å². The van der Waals surface area contributed by atoms with Crippen LogP contribution in [-0.2, 0) is 0 Å². The fourth-order valence-corrected chi connectivity index (χ4v) is 1.80. The molecule has 1 aromatic heterocycles. The summed E-state index contributed by atoms with van der Waals surface area (Å²) in [7, 11) is 0. The molecule has 0 fully saturated rings. The largest absolute Gasteiger partial charge is 0.432 e. The Kier molecular flexibility index (Phi) is 2.35. The molecule has 2 aromatic rings. The second kappa shape index (κ2) is 3.49. The van der Waals surface area contributed by atoms with E-state index < -0.39 is 0 Å². The zero-order chi connectivity index (χ0) is 9.26. The molecule has 2 rings (SSSR count). The number of aromatic nitrogens is 1. The first-order valence-corrected chi connectivity index (χ1v) is 5.03. The minimum Gasteiger partial charge on any atom is -0.432 e. The monoisotopic (exact) mass is 285 g/mol. The summed E-state index contributed by atoms with van der Waals surface area (Å²) in [5.74, 6) is 0.866. The lowest BCUT2D eigenvalue weighted by atomic mass is 10.1. The fourth-order valence-electron chi connectivity index (χ4n) is 1.22. The Labute approximate surface area is 90.1 Å². The summed E-state index contributed by atoms with van der Waals surface area (Å²) >= 11 is 2.08. The van der Waals surface area contributed by atoms with Crippen LogP contribution in [0.15, 0.2) is 34.7 Å². The van der Waals surface area contributed by atoms with Gasteiger partial charge in [0.2, 0.25) is 0 Å². The van der Waals surface area contributed by atoms with Gasteiger partial charge in [-0.2, -0.15) is 0 Å². The standard InChI is InChI=1S/C10H8INO/c1-7-9(13-10(11)12-7)8-5-3-2-4-6-8/h2-6H,1H3. The number of rotatable bonds is 1. The van der Waals surface area contributed by atoms with Gasteiger partial charge in [-0.1, -0.05) is 30.3 Å². The quantitative estimate of drug-likeness (QED) is 0.752. The van der Waals surface area contributed by atoms with Crippen LogP contribution in [0, 0.1) is 10.8 Å². The highest BCUT2D eigenvalue weighted by atomic mass is 127. The van der Waals surface area contributed by atoms with Crippen LogP contribution < -0.4 is 0 Å². The summed E-state index contributed by atoms with van der Waals surface area (Å²) in [6.45, 7) is 1.95. The molecular formula is C10H8INO. The molecule has 0 saturated carbocycles. The SMILES string of the molecule is Cc1nc(I)oc1-c1ccccc1. The van der Waals surface area contributed by atoms with Gasteiger partial charge in [0, 0.05) is 28.2 Å². The highest BCUT2D eigenvalue weighted by molar-refractivity contribution is 14.1. The number of benzene rings is 1. The molecule has 0 aliphatic rings. The van der Waals surface area contributed by atoms with E-state index >= 15 is 0 Å². The van der Waals surface area contributed by atoms with E-state index in [1.54, 1.807) is 0 Å². The minimum absolute atomic E-state index is 0.689. The third-order valence-corrected chi connectivity index (χ3v) is 2.27. The second-order valence-corrected chi connectivity index (χ2v) is 3.67. The first kappa shape index (κ1) is 8.74. The van der Waals surface area contributed by atoms with Crippen molar-refractivity contribution in [2.24, 2.45) is 0 Å². The van der Waals surface area contributed by atoms with Gasteiger partial charge in [-0.15, -0.1) is 0 Å². The molecule has 0 bridgehead atoms. The molecule has 0 unspecified atom stereocenters. The van der Waals surface area contributed by atoms with Gasteiger partial charge in [0.1, 0.15) is 0 Å². The van der Waals surface area contributed by atoms with Crippen molar-refractivity contribution in [3.8, 4) is 11.3 Å². The van der Waals surface area contributed by atoms with Crippen molar-refractivity contribution in [1.82, 2.24) is 4.98 Å². The first-order valence-electron chi connectivity index (χ1n) is 3.96. The lowest BCUT2D eigenvalue weighted by Crippen LogP contribution is -1.76. The van der Waals surface area contributed by atoms with E-state index in [0.717, 1.165) is 17.0 Å². The van der Waals surface area contributed by atoms with Crippen LogP contribution in [0.1, 0.15) is 5.69 Å². The lowest BCUT2D eigenvalue weighted by Gasteiger charge is -1.95. The number of hydrogen-bond donors (Lipinski definition) is 0. The molecule has 13 heavy (non-hydrogen) atoms. The summed E-state index contributed by atoms with van der Waals surface area (Å²) in [5.41, 5.74) is 2.02. The van der Waals surface area contributed by atoms with Gasteiger partial charge in [0.05, 0.1) is 5.69 Å². The van der Waals surface area contributed by atoms with E-state index in [2.05, 4.69) is 27.6 Å². The summed E-state index contributed by atoms with van der Waals surface area (Å²) in [6, 6.07) is 10.0. The van der Waals surface area contributed by atoms with E-state index in [-0.39, 0.29) is 0 Å². The third-order valence-electron chi connectivity index (χ3n) is 1.81. The highest BCUT2D eigenvalue weighted by Crippen LogP contribution is 2.24. The van der Waals surface area contributed by atoms with E-state index in [1.165, 1.54) is 0 Å². The maximum atomic E-state index is 5.48. The Bertz CT molecular complexity index is 408. The molecule has 66 valence electrons. The molecule has 0 aliphatic carbocycles. The number of oxazole rings is 1. The predicted molar refractivity (Wildman–Crippen MR) is 59.4 cm³/mol. The summed E-state index contributed by atoms with van der Waals surface area (Å²) in [6.07, 6.45) is 0. The molecule has 2 nitrogen and oxygen atoms in total. The van der Waals surface area contributed by atoms with Crippen molar-refractivity contribution in [3.05, 3.63) is 39.9 Å². The first-order chi connectivity index (χ1) is 6.27. The summed E-state index contributed by atoms with van der Waals surface area (Å²) < 4.78 is 6.16. The van der Waals surface area contributed by atoms with E-state index in [4.69, 9.17) is 4.42 Å². The van der Waals surface area contributed by atoms with E-state index in [9.17, 15) is 0 Å². The number of aryl methyl sites for hydroxylation is 1. The molecule has 0 N–H and O–H groups in total. The molecule has 1 heterocycles. The number of nitrogens with zero attached hydrogens (tertiary/aromatic N) is 1. The zero-order valence-corrected chi connectivity index (χ0v) is 9.28. The zero-order valence-electron chi connectivity index (χ0n) is 7.12. The number of hydrogen-bond acceptors (Lipinski definition) is 2. The smallest absolute Gasteiger partial charge is 0.257 e. The maximum absolute atomic E-state index is 5.48. The second-order valence-electron chi connectivity index (χ2n) is 2.75. The Balaban J connectivity index is 2.53. The van der Waals surface area contributed by atoms with E-state index in [0.29, 0.717) is 3.90 Å². The van der Waals surface area contributed by atoms with Gasteiger partial charge in [-0.3, -0.25) is 0 Å². The molecule has 3 heteroatoms. The van der Waals surface area contributed by atoms with Crippen LogP contribution in [0.3, 0.4) is 0 Å². The number of halogens is 1. The van der Waals surface area contributed by atoms with Crippen molar-refractivity contribution in [2.75, 3.05) is 0 Å². The minimum atomic E-state index is 0.689. The normalized spacial score (nSPS) is 10.3. The Morgan fingerprint density at radius 1 is 1.23 bits per heavy atom. The molecule has 0 saturated heterocycles. The van der Waals surface area contributed by atoms with Crippen molar-refractivity contribution in [2.45, 2.75) is 6.92 Å². The van der Waals surface area contributed by atoms with Gasteiger partial charge >= 0.3 is 0 Å². The van der Waals surface area contributed by atoms with Crippen LogP contribution in [0.5, 0.6) is 0 Å². The molecular weight excluding hydrogens is 277 g/mol. The topological polar surface area (TPSA) is 26.0 Å². The molecule has 1 aromatic carbocycles. The van der Waals surface area contributed by atoms with Gasteiger partial charge in [0.15, 0.2) is 5.76 Å². The summed E-state index contributed by atoms with van der Waals surface area (Å²) in [5, 5.41) is 0. The molecule has 0 aliphatic heterocycles. The van der Waals surface area contributed by atoms with Gasteiger partial charge in [-0.25, -0.2) is 4.98 Å². The maximum Gasteiger partial charge on any atom is 0.257 e. The van der Waals surface area contributed by atoms with Crippen molar-refractivity contribution >= 4 is 22.6 Å². The van der Waals surface area contributed by atoms with Crippen molar-refractivity contribution in [1.29, 1.82) is 0 Å². The van der Waals surface area contributed by atoms with Gasteiger partial charge in [0.25, 0.3) is 3.90 Å². The van der Waals surface area contributed by atoms with Gasteiger partial charge < -0.3 is 4.42 Å². The van der Waals surface area contributed by atoms with Crippen molar-refractivity contribution in [3.63, 3.8) is 0 Å². The van der Waals surface area contributed by atoms with Crippen LogP contribution >= 0.6 is 22.6 Å². The Hall–Kier alpha value is -0.840. The summed E-state index contributed by atoms with van der Waals surface area (Å²) in [4.78, 5) is 4.21. The van der Waals surface area contributed by atoms with Crippen LogP contribution in [0.4, 0.5) is 0 Å². The van der Waals surface area contributed by atoms with Crippen LogP contribution in [0.25, 0.3) is 11.3 Å². The van der Waals surface area contributed by atoms with E-state index in [1.807, 2.05) is 37.3 Å². The average molecular weight is 285 g/mol. The lowest BCUT2D eigenvalue weighted by molar-refractivity contribution is 0.538. The Morgan fingerprint density at radius 2 is 1.92 bits per heavy atom. The predicted octanol–water partition coefficient (Wildman–Crippen LogP) is 3.25. The average Bonchev–Trinajstić information content (AvgIpc) is 2.47. The molecule has 0 amide bonds. The molecule has 0 radical (unpaired) electrons. The fraction of sp³-hybridized carbons (Fsp3) is 0.100. The highest BCUT2D eigenvalue weighted by Gasteiger charge is 2.08. The third kappa shape index (κ3) is 1.75. The molecule has 0 atom stereocenters. The van der Waals surface area contributed by atoms with Crippen LogP contribution in [-0.4, -0.2) is 4.98 Å².